The molecule has 2 rings (SSSR count). The Morgan fingerprint density at radius 3 is 1.92 bits per heavy atom. The van der Waals surface area contributed by atoms with Crippen molar-refractivity contribution >= 4 is 30.0 Å². The lowest BCUT2D eigenvalue weighted by Gasteiger charge is -2.13. The molecule has 0 bridgehead atoms. The molecule has 3 N–H and O–H groups in total. The molecule has 0 spiro atoms. The molecule has 134 valence electrons. The number of benzene rings is 2. The third kappa shape index (κ3) is 4.52. The molecule has 0 heterocycles. The molecule has 0 amide bonds. The molecular formula is C18H22N2O4S. The molecule has 0 unspecified atom stereocenters. The Kier molecular flexibility index (Phi) is 6.85. The van der Waals surface area contributed by atoms with Crippen LogP contribution in [0.2, 0.25) is 0 Å². The van der Waals surface area contributed by atoms with E-state index in [2.05, 4.69) is 4.72 Å². The van der Waals surface area contributed by atoms with Crippen molar-refractivity contribution in [3.63, 3.8) is 0 Å². The van der Waals surface area contributed by atoms with Crippen LogP contribution in [-0.4, -0.2) is 28.4 Å². The highest BCUT2D eigenvalue weighted by molar-refractivity contribution is 7.98. The van der Waals surface area contributed by atoms with Gasteiger partial charge in [-0.05, 0) is 35.4 Å². The van der Waals surface area contributed by atoms with Crippen LogP contribution in [0.25, 0.3) is 12.2 Å². The van der Waals surface area contributed by atoms with E-state index in [4.69, 9.17) is 24.1 Å². The molecule has 0 aliphatic rings. The van der Waals surface area contributed by atoms with E-state index in [1.54, 1.807) is 28.4 Å². The van der Waals surface area contributed by atoms with E-state index in [-0.39, 0.29) is 0 Å². The van der Waals surface area contributed by atoms with Gasteiger partial charge in [0.15, 0.2) is 11.5 Å². The Balaban J connectivity index is 2.34. The largest absolute Gasteiger partial charge is 0.495 e. The highest BCUT2D eigenvalue weighted by atomic mass is 32.2. The smallest absolute Gasteiger partial charge is 0.203 e. The fourth-order valence-electron chi connectivity index (χ4n) is 2.36. The van der Waals surface area contributed by atoms with Gasteiger partial charge in [0, 0.05) is 12.1 Å². The van der Waals surface area contributed by atoms with Crippen molar-refractivity contribution in [3.8, 4) is 23.0 Å². The summed E-state index contributed by atoms with van der Waals surface area (Å²) in [5.41, 5.74) is 2.72. The van der Waals surface area contributed by atoms with E-state index >= 15 is 0 Å². The van der Waals surface area contributed by atoms with Gasteiger partial charge in [-0.25, -0.2) is 0 Å². The maximum Gasteiger partial charge on any atom is 0.203 e. The van der Waals surface area contributed by atoms with Gasteiger partial charge in [0.25, 0.3) is 0 Å². The summed E-state index contributed by atoms with van der Waals surface area (Å²) < 4.78 is 24.4. The first-order valence-electron chi connectivity index (χ1n) is 7.44. The lowest BCUT2D eigenvalue weighted by atomic mass is 10.1. The van der Waals surface area contributed by atoms with E-state index in [9.17, 15) is 0 Å². The van der Waals surface area contributed by atoms with Crippen LogP contribution in [0.15, 0.2) is 30.3 Å². The van der Waals surface area contributed by atoms with Gasteiger partial charge in [-0.2, -0.15) is 0 Å². The number of nitrogens with one attached hydrogen (secondary N) is 1. The topological polar surface area (TPSA) is 75.0 Å². The van der Waals surface area contributed by atoms with Crippen molar-refractivity contribution in [1.82, 2.24) is 0 Å². The predicted molar refractivity (Wildman–Crippen MR) is 103 cm³/mol. The van der Waals surface area contributed by atoms with Crippen LogP contribution < -0.4 is 28.8 Å². The Hall–Kier alpha value is -2.51. The molecule has 0 radical (unpaired) electrons. The van der Waals surface area contributed by atoms with Crippen molar-refractivity contribution in [3.05, 3.63) is 41.5 Å². The van der Waals surface area contributed by atoms with E-state index in [0.717, 1.165) is 34.7 Å². The minimum absolute atomic E-state index is 0.568. The highest BCUT2D eigenvalue weighted by Crippen LogP contribution is 2.38. The molecule has 2 aromatic rings. The van der Waals surface area contributed by atoms with Crippen molar-refractivity contribution in [1.29, 1.82) is 0 Å². The first kappa shape index (κ1) is 18.8. The van der Waals surface area contributed by atoms with Crippen molar-refractivity contribution in [2.24, 2.45) is 5.14 Å². The van der Waals surface area contributed by atoms with Gasteiger partial charge in [-0.3, -0.25) is 5.14 Å². The van der Waals surface area contributed by atoms with Crippen LogP contribution in [0.3, 0.4) is 0 Å². The third-order valence-electron chi connectivity index (χ3n) is 3.55. The second-order valence-electron chi connectivity index (χ2n) is 4.97. The third-order valence-corrected chi connectivity index (χ3v) is 3.89. The van der Waals surface area contributed by atoms with Crippen LogP contribution in [0, 0.1) is 0 Å². The monoisotopic (exact) mass is 362 g/mol. The first-order chi connectivity index (χ1) is 12.2. The van der Waals surface area contributed by atoms with Crippen LogP contribution >= 0.6 is 12.1 Å². The molecule has 6 nitrogen and oxygen atoms in total. The SMILES string of the molecule is COc1ccc(/C=C/c2cc(OC)c(OC)c(OC)c2)cc1NSN. The molecule has 2 aromatic carbocycles. The average molecular weight is 362 g/mol. The van der Waals surface area contributed by atoms with Crippen LogP contribution in [0.4, 0.5) is 5.69 Å². The van der Waals surface area contributed by atoms with Gasteiger partial charge < -0.3 is 23.7 Å². The van der Waals surface area contributed by atoms with E-state index in [1.165, 1.54) is 0 Å². The number of methoxy groups -OCH3 is 4. The highest BCUT2D eigenvalue weighted by Gasteiger charge is 2.12. The molecule has 0 aliphatic heterocycles. The zero-order valence-electron chi connectivity index (χ0n) is 14.7. The Morgan fingerprint density at radius 2 is 1.40 bits per heavy atom. The molecule has 0 aliphatic carbocycles. The second-order valence-corrected chi connectivity index (χ2v) is 5.41. The Labute approximate surface area is 152 Å². The molecular weight excluding hydrogens is 340 g/mol. The summed E-state index contributed by atoms with van der Waals surface area (Å²) in [6, 6.07) is 9.56. The zero-order chi connectivity index (χ0) is 18.2. The lowest BCUT2D eigenvalue weighted by molar-refractivity contribution is 0.324. The molecule has 0 saturated carbocycles. The summed E-state index contributed by atoms with van der Waals surface area (Å²) in [4.78, 5) is 0. The van der Waals surface area contributed by atoms with Crippen molar-refractivity contribution < 1.29 is 18.9 Å². The lowest BCUT2D eigenvalue weighted by Crippen LogP contribution is -1.96. The van der Waals surface area contributed by atoms with Crippen LogP contribution in [0.5, 0.6) is 23.0 Å². The van der Waals surface area contributed by atoms with Gasteiger partial charge in [0.1, 0.15) is 5.75 Å². The number of hydrogen-bond donors (Lipinski definition) is 2. The minimum atomic E-state index is 0.568. The number of nitrogens with two attached hydrogens (primary N) is 1. The number of ether oxygens (including phenoxy) is 4. The predicted octanol–water partition coefficient (Wildman–Crippen LogP) is 3.83. The molecule has 0 aromatic heterocycles. The minimum Gasteiger partial charge on any atom is -0.495 e. The van der Waals surface area contributed by atoms with Crippen LogP contribution in [0.1, 0.15) is 11.1 Å². The molecule has 0 saturated heterocycles. The van der Waals surface area contributed by atoms with Gasteiger partial charge in [0.05, 0.1) is 34.1 Å². The van der Waals surface area contributed by atoms with Crippen molar-refractivity contribution in [2.75, 3.05) is 33.2 Å². The quantitative estimate of drug-likeness (QED) is 0.546. The van der Waals surface area contributed by atoms with Gasteiger partial charge in [-0.15, -0.1) is 0 Å². The average Bonchev–Trinajstić information content (AvgIpc) is 2.65. The first-order valence-corrected chi connectivity index (χ1v) is 8.32. The van der Waals surface area contributed by atoms with E-state index < -0.39 is 0 Å². The van der Waals surface area contributed by atoms with E-state index in [1.807, 2.05) is 42.5 Å². The molecule has 7 heteroatoms. The summed E-state index contributed by atoms with van der Waals surface area (Å²) in [6.07, 6.45) is 3.94. The van der Waals surface area contributed by atoms with Gasteiger partial charge >= 0.3 is 0 Å². The number of anilines is 1. The molecule has 0 fully saturated rings. The van der Waals surface area contributed by atoms with Crippen molar-refractivity contribution in [2.45, 2.75) is 0 Å². The summed E-state index contributed by atoms with van der Waals surface area (Å²) in [6.45, 7) is 0. The maximum absolute atomic E-state index is 5.48. The number of rotatable bonds is 8. The Bertz CT molecular complexity index is 725. The summed E-state index contributed by atoms with van der Waals surface area (Å²) in [5.74, 6) is 2.51. The Morgan fingerprint density at radius 1 is 0.800 bits per heavy atom. The fraction of sp³-hybridized carbons (Fsp3) is 0.222. The maximum atomic E-state index is 5.48. The second kappa shape index (κ2) is 9.10. The number of hydrogen-bond acceptors (Lipinski definition) is 7. The standard InChI is InChI=1S/C18H22N2O4S/c1-21-15-8-7-12(9-14(15)20-25-19)5-6-13-10-16(22-2)18(24-4)17(11-13)23-3/h5-11,20H,19H2,1-4H3/b6-5+. The fourth-order valence-corrected chi connectivity index (χ4v) is 2.65. The van der Waals surface area contributed by atoms with Gasteiger partial charge in [0.2, 0.25) is 5.75 Å². The zero-order valence-corrected chi connectivity index (χ0v) is 15.5. The molecule has 0 atom stereocenters. The van der Waals surface area contributed by atoms with Gasteiger partial charge in [-0.1, -0.05) is 18.2 Å². The van der Waals surface area contributed by atoms with Crippen LogP contribution in [-0.2, 0) is 0 Å². The summed E-state index contributed by atoms with van der Waals surface area (Å²) in [5, 5.41) is 5.48. The molecule has 25 heavy (non-hydrogen) atoms. The summed E-state index contributed by atoms with van der Waals surface area (Å²) in [7, 11) is 6.39. The normalized spacial score (nSPS) is 10.6. The summed E-state index contributed by atoms with van der Waals surface area (Å²) >= 11 is 1.02. The van der Waals surface area contributed by atoms with E-state index in [0.29, 0.717) is 17.2 Å².